The minimum atomic E-state index is -0.206. The smallest absolute Gasteiger partial charge is 0.142 e. The molecule has 1 aliphatic rings. The molecule has 1 fully saturated rings. The second kappa shape index (κ2) is 5.01. The third kappa shape index (κ3) is 2.65. The van der Waals surface area contributed by atoms with Crippen molar-refractivity contribution in [2.24, 2.45) is 0 Å². The van der Waals surface area contributed by atoms with Gasteiger partial charge < -0.3 is 16.2 Å². The number of aromatic nitrogens is 1. The average Bonchev–Trinajstić information content (AvgIpc) is 3.04. The van der Waals surface area contributed by atoms with Crippen LogP contribution in [0, 0.1) is 0 Å². The zero-order chi connectivity index (χ0) is 11.5. The summed E-state index contributed by atoms with van der Waals surface area (Å²) >= 11 is 1.44. The van der Waals surface area contributed by atoms with Gasteiger partial charge in [0.15, 0.2) is 0 Å². The molecule has 1 aromatic heterocycles. The van der Waals surface area contributed by atoms with Crippen LogP contribution in [0.1, 0.15) is 44.1 Å². The highest BCUT2D eigenvalue weighted by Crippen LogP contribution is 2.47. The third-order valence-electron chi connectivity index (χ3n) is 2.98. The van der Waals surface area contributed by atoms with E-state index in [0.29, 0.717) is 11.7 Å². The Kier molecular flexibility index (Phi) is 3.66. The topological polar surface area (TPSA) is 71.2 Å². The minimum Gasteiger partial charge on any atom is -0.393 e. The van der Waals surface area contributed by atoms with Crippen LogP contribution in [0.15, 0.2) is 0 Å². The molecule has 16 heavy (non-hydrogen) atoms. The predicted octanol–water partition coefficient (Wildman–Crippen LogP) is 2.18. The molecule has 0 aliphatic heterocycles. The van der Waals surface area contributed by atoms with Gasteiger partial charge in [-0.3, -0.25) is 0 Å². The first-order chi connectivity index (χ1) is 7.72. The summed E-state index contributed by atoms with van der Waals surface area (Å²) in [5.41, 5.74) is 7.05. The van der Waals surface area contributed by atoms with Crippen molar-refractivity contribution in [2.75, 3.05) is 17.6 Å². The number of nitrogen functional groups attached to an aromatic ring is 1. The van der Waals surface area contributed by atoms with Gasteiger partial charge in [0, 0.05) is 12.1 Å². The van der Waals surface area contributed by atoms with Crippen LogP contribution in [0.5, 0.6) is 0 Å². The molecule has 1 aliphatic carbocycles. The molecule has 4 N–H and O–H groups in total. The second-order valence-electron chi connectivity index (χ2n) is 4.36. The van der Waals surface area contributed by atoms with Crippen LogP contribution in [-0.2, 0) is 0 Å². The van der Waals surface area contributed by atoms with E-state index in [1.165, 1.54) is 29.9 Å². The van der Waals surface area contributed by atoms with Gasteiger partial charge in [0.05, 0.1) is 6.10 Å². The Balaban J connectivity index is 1.89. The van der Waals surface area contributed by atoms with Crippen LogP contribution in [-0.4, -0.2) is 22.1 Å². The number of aliphatic hydroxyl groups excluding tert-OH is 1. The van der Waals surface area contributed by atoms with Crippen LogP contribution < -0.4 is 11.1 Å². The Morgan fingerprint density at radius 3 is 3.00 bits per heavy atom. The summed E-state index contributed by atoms with van der Waals surface area (Å²) < 4.78 is 4.19. The van der Waals surface area contributed by atoms with E-state index >= 15 is 0 Å². The van der Waals surface area contributed by atoms with Gasteiger partial charge in [-0.15, -0.1) is 0 Å². The summed E-state index contributed by atoms with van der Waals surface area (Å²) in [6.07, 6.45) is 3.84. The Bertz CT molecular complexity index is 349. The van der Waals surface area contributed by atoms with Crippen molar-refractivity contribution in [3.8, 4) is 0 Å². The van der Waals surface area contributed by atoms with Crippen molar-refractivity contribution in [2.45, 2.75) is 44.6 Å². The number of hydrogen-bond donors (Lipinski definition) is 3. The highest BCUT2D eigenvalue weighted by Gasteiger charge is 2.30. The van der Waals surface area contributed by atoms with Crippen LogP contribution >= 0.6 is 11.5 Å². The van der Waals surface area contributed by atoms with Crippen molar-refractivity contribution in [3.63, 3.8) is 0 Å². The normalized spacial score (nSPS) is 17.4. The molecule has 2 rings (SSSR count). The Labute approximate surface area is 100 Å². The molecule has 0 radical (unpaired) electrons. The number of nitrogens with two attached hydrogens (primary N) is 1. The lowest BCUT2D eigenvalue weighted by Gasteiger charge is -2.09. The van der Waals surface area contributed by atoms with Gasteiger partial charge in [-0.2, -0.15) is 4.37 Å². The minimum absolute atomic E-state index is 0.206. The van der Waals surface area contributed by atoms with E-state index in [0.717, 1.165) is 24.4 Å². The number of hydrogen-bond acceptors (Lipinski definition) is 5. The third-order valence-corrected chi connectivity index (χ3v) is 3.81. The largest absolute Gasteiger partial charge is 0.393 e. The number of anilines is 2. The second-order valence-corrected chi connectivity index (χ2v) is 5.14. The molecule has 1 aromatic rings. The summed E-state index contributed by atoms with van der Waals surface area (Å²) in [4.78, 5) is 0. The molecule has 0 saturated heterocycles. The summed E-state index contributed by atoms with van der Waals surface area (Å²) in [6, 6.07) is 0. The summed E-state index contributed by atoms with van der Waals surface area (Å²) in [7, 11) is 0. The molecule has 90 valence electrons. The standard InChI is InChI=1S/C11H19N3OS/c1-2-8(15)5-6-13-11-9(7-3-4-7)10(12)14-16-11/h7-8,13,15H,2-6H2,1H3,(H2,12,14). The molecule has 1 unspecified atom stereocenters. The molecule has 0 aromatic carbocycles. The van der Waals surface area contributed by atoms with Gasteiger partial charge in [-0.25, -0.2) is 0 Å². The Morgan fingerprint density at radius 2 is 2.38 bits per heavy atom. The van der Waals surface area contributed by atoms with Crippen LogP contribution in [0.25, 0.3) is 0 Å². The molecular formula is C11H19N3OS. The van der Waals surface area contributed by atoms with Crippen molar-refractivity contribution in [1.82, 2.24) is 4.37 Å². The van der Waals surface area contributed by atoms with E-state index in [1.54, 1.807) is 0 Å². The van der Waals surface area contributed by atoms with Crippen molar-refractivity contribution >= 4 is 22.4 Å². The van der Waals surface area contributed by atoms with Crippen molar-refractivity contribution in [1.29, 1.82) is 0 Å². The maximum atomic E-state index is 9.46. The number of nitrogens with one attached hydrogen (secondary N) is 1. The van der Waals surface area contributed by atoms with E-state index < -0.39 is 0 Å². The number of rotatable bonds is 6. The molecular weight excluding hydrogens is 222 g/mol. The van der Waals surface area contributed by atoms with Crippen molar-refractivity contribution < 1.29 is 5.11 Å². The van der Waals surface area contributed by atoms with Gasteiger partial charge in [-0.05, 0) is 43.1 Å². The first-order valence-corrected chi connectivity index (χ1v) is 6.66. The fourth-order valence-corrected chi connectivity index (χ4v) is 2.58. The lowest BCUT2D eigenvalue weighted by molar-refractivity contribution is 0.164. The molecule has 4 nitrogen and oxygen atoms in total. The van der Waals surface area contributed by atoms with Crippen LogP contribution in [0.2, 0.25) is 0 Å². The average molecular weight is 241 g/mol. The zero-order valence-corrected chi connectivity index (χ0v) is 10.4. The summed E-state index contributed by atoms with van der Waals surface area (Å²) in [5.74, 6) is 1.31. The fourth-order valence-electron chi connectivity index (χ4n) is 1.76. The highest BCUT2D eigenvalue weighted by molar-refractivity contribution is 7.10. The highest BCUT2D eigenvalue weighted by atomic mass is 32.1. The zero-order valence-electron chi connectivity index (χ0n) is 9.57. The van der Waals surface area contributed by atoms with Gasteiger partial charge >= 0.3 is 0 Å². The van der Waals surface area contributed by atoms with E-state index in [9.17, 15) is 5.11 Å². The number of nitrogens with zero attached hydrogens (tertiary/aromatic N) is 1. The lowest BCUT2D eigenvalue weighted by atomic mass is 10.2. The van der Waals surface area contributed by atoms with Crippen molar-refractivity contribution in [3.05, 3.63) is 5.56 Å². The first kappa shape index (κ1) is 11.7. The Morgan fingerprint density at radius 1 is 1.62 bits per heavy atom. The SMILES string of the molecule is CCC(O)CCNc1snc(N)c1C1CC1. The van der Waals surface area contributed by atoms with Gasteiger partial charge in [0.25, 0.3) is 0 Å². The lowest BCUT2D eigenvalue weighted by Crippen LogP contribution is -2.12. The molecule has 1 atom stereocenters. The molecule has 0 spiro atoms. The molecule has 5 heteroatoms. The van der Waals surface area contributed by atoms with Gasteiger partial charge in [0.2, 0.25) is 0 Å². The van der Waals surface area contributed by atoms with E-state index in [1.807, 2.05) is 6.92 Å². The monoisotopic (exact) mass is 241 g/mol. The molecule has 1 saturated carbocycles. The summed E-state index contributed by atoms with van der Waals surface area (Å²) in [6.45, 7) is 2.78. The molecule has 0 amide bonds. The Hall–Kier alpha value is -0.810. The number of aliphatic hydroxyl groups is 1. The maximum absolute atomic E-state index is 9.46. The van der Waals surface area contributed by atoms with Gasteiger partial charge in [-0.1, -0.05) is 6.92 Å². The molecule has 0 bridgehead atoms. The molecule has 1 heterocycles. The first-order valence-electron chi connectivity index (χ1n) is 5.89. The maximum Gasteiger partial charge on any atom is 0.142 e. The van der Waals surface area contributed by atoms with Crippen LogP contribution in [0.3, 0.4) is 0 Å². The fraction of sp³-hybridized carbons (Fsp3) is 0.727. The van der Waals surface area contributed by atoms with E-state index in [4.69, 9.17) is 5.73 Å². The van der Waals surface area contributed by atoms with E-state index in [-0.39, 0.29) is 6.10 Å². The van der Waals surface area contributed by atoms with Crippen LogP contribution in [0.4, 0.5) is 10.8 Å². The predicted molar refractivity (Wildman–Crippen MR) is 67.9 cm³/mol. The van der Waals surface area contributed by atoms with E-state index in [2.05, 4.69) is 9.69 Å². The van der Waals surface area contributed by atoms with Gasteiger partial charge in [0.1, 0.15) is 10.8 Å². The quantitative estimate of drug-likeness (QED) is 0.714. The summed E-state index contributed by atoms with van der Waals surface area (Å²) in [5, 5.41) is 13.9.